The monoisotopic (exact) mass is 392 g/mol. The van der Waals surface area contributed by atoms with E-state index in [-0.39, 0.29) is 30.2 Å². The van der Waals surface area contributed by atoms with Gasteiger partial charge in [0, 0.05) is 49.8 Å². The number of amides is 2. The van der Waals surface area contributed by atoms with Crippen LogP contribution in [0.1, 0.15) is 36.0 Å². The molecule has 0 aromatic carbocycles. The lowest BCUT2D eigenvalue weighted by Gasteiger charge is -2.38. The van der Waals surface area contributed by atoms with Crippen LogP contribution in [-0.4, -0.2) is 51.8 Å². The van der Waals surface area contributed by atoms with Crippen LogP contribution in [0.3, 0.4) is 0 Å². The number of rotatable bonds is 5. The number of carbonyl (C=O) groups excluding carboxylic acids is 2. The zero-order chi connectivity index (χ0) is 19.9. The van der Waals surface area contributed by atoms with Crippen LogP contribution in [0.2, 0.25) is 0 Å². The Balaban J connectivity index is 1.45. The number of anilines is 1. The van der Waals surface area contributed by atoms with Crippen molar-refractivity contribution in [2.24, 2.45) is 11.7 Å². The van der Waals surface area contributed by atoms with Gasteiger partial charge in [-0.1, -0.05) is 0 Å². The molecule has 0 bridgehead atoms. The van der Waals surface area contributed by atoms with Crippen LogP contribution in [0.25, 0.3) is 11.0 Å². The van der Waals surface area contributed by atoms with Crippen LogP contribution in [0, 0.1) is 5.92 Å². The number of nitrogens with two attached hydrogens (primary N) is 1. The van der Waals surface area contributed by atoms with E-state index in [0.717, 1.165) is 11.8 Å². The van der Waals surface area contributed by atoms with Gasteiger partial charge in [-0.2, -0.15) is 0 Å². The minimum Gasteiger partial charge on any atom is -0.365 e. The van der Waals surface area contributed by atoms with Gasteiger partial charge < -0.3 is 21.5 Å². The number of aromatic amines is 1. The van der Waals surface area contributed by atoms with E-state index in [1.54, 1.807) is 12.3 Å². The van der Waals surface area contributed by atoms with E-state index in [9.17, 15) is 18.4 Å². The maximum absolute atomic E-state index is 13.0. The van der Waals surface area contributed by atoms with Crippen molar-refractivity contribution >= 4 is 28.5 Å². The number of pyridine rings is 1. The molecule has 4 rings (SSSR count). The first-order chi connectivity index (χ1) is 13.3. The topological polar surface area (TPSA) is 116 Å². The molecule has 8 nitrogen and oxygen atoms in total. The van der Waals surface area contributed by atoms with Gasteiger partial charge in [0.05, 0.1) is 17.2 Å². The molecule has 2 aromatic heterocycles. The molecule has 28 heavy (non-hydrogen) atoms. The number of primary amides is 1. The summed E-state index contributed by atoms with van der Waals surface area (Å²) in [7, 11) is 0. The number of hydrogen-bond acceptors (Lipinski definition) is 5. The van der Waals surface area contributed by atoms with Gasteiger partial charge in [0.2, 0.25) is 5.91 Å². The largest absolute Gasteiger partial charge is 0.365 e. The van der Waals surface area contributed by atoms with Crippen molar-refractivity contribution in [2.75, 3.05) is 18.5 Å². The molecule has 1 atom stereocenters. The van der Waals surface area contributed by atoms with Gasteiger partial charge in [0.25, 0.3) is 11.8 Å². The van der Waals surface area contributed by atoms with Crippen molar-refractivity contribution < 1.29 is 18.4 Å². The number of nitrogens with zero attached hydrogens (tertiary/aromatic N) is 2. The highest BCUT2D eigenvalue weighted by molar-refractivity contribution is 6.05. The predicted molar refractivity (Wildman–Crippen MR) is 98.6 cm³/mol. The zero-order valence-corrected chi connectivity index (χ0v) is 15.2. The van der Waals surface area contributed by atoms with Crippen LogP contribution in [0.5, 0.6) is 0 Å². The molecule has 0 radical (unpaired) electrons. The van der Waals surface area contributed by atoms with Crippen LogP contribution in [-0.2, 0) is 4.79 Å². The van der Waals surface area contributed by atoms with Gasteiger partial charge in [0.15, 0.2) is 0 Å². The summed E-state index contributed by atoms with van der Waals surface area (Å²) in [6.45, 7) is 1.08. The Kier molecular flexibility index (Phi) is 4.66. The molecule has 1 saturated heterocycles. The fourth-order valence-electron chi connectivity index (χ4n) is 3.85. The number of nitrogens with one attached hydrogen (secondary N) is 3. The van der Waals surface area contributed by atoms with Gasteiger partial charge in [-0.25, -0.2) is 18.8 Å². The van der Waals surface area contributed by atoms with Crippen molar-refractivity contribution in [2.45, 2.75) is 37.6 Å². The van der Waals surface area contributed by atoms with Crippen molar-refractivity contribution in [3.63, 3.8) is 0 Å². The standard InChI is InChI=1S/C18H22F2N6O2/c19-18(20)6-11(7-18)24-17(28)10-2-1-5-26(9-10)25-14-12-3-4-22-16(12)23-8-13(14)15(21)27/h3-4,8,10-11H,1-2,5-7,9H2,(H2,21,27)(H,24,28)(H2,22,23,25). The van der Waals surface area contributed by atoms with Crippen LogP contribution in [0.4, 0.5) is 14.5 Å². The van der Waals surface area contributed by atoms with Crippen molar-refractivity contribution in [1.29, 1.82) is 0 Å². The minimum absolute atomic E-state index is 0.205. The highest BCUT2D eigenvalue weighted by Gasteiger charge is 2.46. The summed E-state index contributed by atoms with van der Waals surface area (Å²) >= 11 is 0. The fourth-order valence-corrected chi connectivity index (χ4v) is 3.85. The van der Waals surface area contributed by atoms with Gasteiger partial charge >= 0.3 is 0 Å². The molecule has 2 fully saturated rings. The van der Waals surface area contributed by atoms with E-state index < -0.39 is 17.9 Å². The molecule has 1 aliphatic carbocycles. The van der Waals surface area contributed by atoms with Crippen LogP contribution < -0.4 is 16.5 Å². The molecule has 3 heterocycles. The highest BCUT2D eigenvalue weighted by atomic mass is 19.3. The average Bonchev–Trinajstić information content (AvgIpc) is 3.09. The molecule has 2 aromatic rings. The van der Waals surface area contributed by atoms with Crippen molar-refractivity contribution in [1.82, 2.24) is 20.3 Å². The number of alkyl halides is 2. The van der Waals surface area contributed by atoms with E-state index in [4.69, 9.17) is 5.73 Å². The number of hydrogen-bond donors (Lipinski definition) is 4. The highest BCUT2D eigenvalue weighted by Crippen LogP contribution is 2.37. The molecule has 150 valence electrons. The number of aromatic nitrogens is 2. The SMILES string of the molecule is NC(=O)c1cnc2[nH]ccc2c1NN1CCCC(C(=O)NC2CC(F)(F)C2)C1. The second-order valence-electron chi connectivity index (χ2n) is 7.52. The number of carbonyl (C=O) groups is 2. The molecule has 0 spiro atoms. The zero-order valence-electron chi connectivity index (χ0n) is 15.2. The Morgan fingerprint density at radius 2 is 2.14 bits per heavy atom. The van der Waals surface area contributed by atoms with E-state index in [0.29, 0.717) is 30.8 Å². The number of halogens is 2. The molecule has 1 aliphatic heterocycles. The number of hydrazine groups is 1. The number of H-pyrrole nitrogens is 1. The predicted octanol–water partition coefficient (Wildman–Crippen LogP) is 1.61. The Bertz CT molecular complexity index is 907. The van der Waals surface area contributed by atoms with E-state index in [2.05, 4.69) is 20.7 Å². The Hall–Kier alpha value is -2.75. The van der Waals surface area contributed by atoms with Gasteiger partial charge in [-0.3, -0.25) is 9.59 Å². The minimum atomic E-state index is -2.66. The van der Waals surface area contributed by atoms with Gasteiger partial charge in [0.1, 0.15) is 5.65 Å². The first-order valence-electron chi connectivity index (χ1n) is 9.28. The lowest BCUT2D eigenvalue weighted by molar-refractivity contribution is -0.134. The third-order valence-electron chi connectivity index (χ3n) is 5.35. The first-order valence-corrected chi connectivity index (χ1v) is 9.28. The molecule has 1 saturated carbocycles. The summed E-state index contributed by atoms with van der Waals surface area (Å²) in [5, 5.41) is 5.30. The van der Waals surface area contributed by atoms with Gasteiger partial charge in [-0.15, -0.1) is 0 Å². The van der Waals surface area contributed by atoms with Crippen molar-refractivity contribution in [3.05, 3.63) is 24.0 Å². The van der Waals surface area contributed by atoms with Gasteiger partial charge in [-0.05, 0) is 18.9 Å². The summed E-state index contributed by atoms with van der Waals surface area (Å²) in [6, 6.07) is 1.34. The molecular weight excluding hydrogens is 370 g/mol. The maximum atomic E-state index is 13.0. The quantitative estimate of drug-likeness (QED) is 0.617. The first kappa shape index (κ1) is 18.6. The van der Waals surface area contributed by atoms with Crippen LogP contribution >= 0.6 is 0 Å². The average molecular weight is 392 g/mol. The van der Waals surface area contributed by atoms with E-state index in [1.165, 1.54) is 6.20 Å². The molecule has 5 N–H and O–H groups in total. The Labute approximate surface area is 159 Å². The fraction of sp³-hybridized carbons (Fsp3) is 0.500. The lowest BCUT2D eigenvalue weighted by Crippen LogP contribution is -2.54. The third kappa shape index (κ3) is 3.64. The third-order valence-corrected chi connectivity index (χ3v) is 5.35. The summed E-state index contributed by atoms with van der Waals surface area (Å²) in [5.41, 5.74) is 10.1. The van der Waals surface area contributed by atoms with E-state index >= 15 is 0 Å². The van der Waals surface area contributed by atoms with Crippen LogP contribution in [0.15, 0.2) is 18.5 Å². The smallest absolute Gasteiger partial charge is 0.252 e. The summed E-state index contributed by atoms with van der Waals surface area (Å²) in [4.78, 5) is 31.4. The van der Waals surface area contributed by atoms with E-state index in [1.807, 2.05) is 5.01 Å². The molecule has 2 aliphatic rings. The Morgan fingerprint density at radius 1 is 1.36 bits per heavy atom. The second kappa shape index (κ2) is 7.01. The summed E-state index contributed by atoms with van der Waals surface area (Å²) in [5.74, 6) is -3.78. The molecule has 1 unspecified atom stereocenters. The second-order valence-corrected chi connectivity index (χ2v) is 7.52. The molecular formula is C18H22F2N6O2. The molecule has 2 amide bonds. The van der Waals surface area contributed by atoms with Crippen molar-refractivity contribution in [3.8, 4) is 0 Å². The summed E-state index contributed by atoms with van der Waals surface area (Å²) in [6.07, 6.45) is 3.99. The number of piperidine rings is 1. The lowest BCUT2D eigenvalue weighted by atomic mass is 9.87. The maximum Gasteiger partial charge on any atom is 0.252 e. The summed E-state index contributed by atoms with van der Waals surface area (Å²) < 4.78 is 25.9. The number of fused-ring (bicyclic) bond motifs is 1. The normalized spacial score (nSPS) is 22.6. The molecule has 10 heteroatoms. The Morgan fingerprint density at radius 3 is 2.86 bits per heavy atom.